The summed E-state index contributed by atoms with van der Waals surface area (Å²) < 4.78 is 28.9. The number of ether oxygens (including phenoxy) is 1. The van der Waals surface area contributed by atoms with Crippen molar-refractivity contribution in [3.63, 3.8) is 0 Å². The monoisotopic (exact) mass is 272 g/mol. The zero-order valence-electron chi connectivity index (χ0n) is 10.5. The topological polar surface area (TPSA) is 80.7 Å². The Balaban J connectivity index is 3.03. The Bertz CT molecular complexity index is 546. The average molecular weight is 272 g/mol. The number of aryl methyl sites for hydroxylation is 1. The third-order valence-corrected chi connectivity index (χ3v) is 4.60. The van der Waals surface area contributed by atoms with E-state index in [-0.39, 0.29) is 4.90 Å². The molecule has 0 atom stereocenters. The molecule has 1 N–H and O–H groups in total. The molecule has 0 radical (unpaired) electrons. The van der Waals surface area contributed by atoms with Gasteiger partial charge in [0, 0.05) is 0 Å². The molecule has 0 unspecified atom stereocenters. The van der Waals surface area contributed by atoms with Gasteiger partial charge in [0.05, 0.1) is 10.1 Å². The highest BCUT2D eigenvalue weighted by atomic mass is 32.2. The normalized spacial score (nSPS) is 11.6. The first-order valence-corrected chi connectivity index (χ1v) is 6.99. The lowest BCUT2D eigenvalue weighted by atomic mass is 10.2. The highest BCUT2D eigenvalue weighted by molar-refractivity contribution is 7.92. The molecule has 0 aliphatic rings. The summed E-state index contributed by atoms with van der Waals surface area (Å²) in [7, 11) is -3.32. The molecule has 0 spiro atoms. The Hall–Kier alpha value is -1.56. The summed E-state index contributed by atoms with van der Waals surface area (Å²) in [6, 6.07) is 4.40. The van der Waals surface area contributed by atoms with Crippen LogP contribution in [0.2, 0.25) is 0 Å². The zero-order valence-corrected chi connectivity index (χ0v) is 11.3. The lowest BCUT2D eigenvalue weighted by molar-refractivity contribution is -0.139. The summed E-state index contributed by atoms with van der Waals surface area (Å²) >= 11 is 0. The van der Waals surface area contributed by atoms with Crippen LogP contribution in [0.1, 0.15) is 19.4 Å². The Kier molecular flexibility index (Phi) is 4.34. The van der Waals surface area contributed by atoms with Gasteiger partial charge in [-0.25, -0.2) is 13.2 Å². The largest absolute Gasteiger partial charge is 0.482 e. The second kappa shape index (κ2) is 5.39. The van der Waals surface area contributed by atoms with Crippen LogP contribution in [-0.4, -0.2) is 31.4 Å². The molecule has 1 aromatic rings. The number of benzene rings is 1. The van der Waals surface area contributed by atoms with Crippen LogP contribution in [0.5, 0.6) is 5.75 Å². The summed E-state index contributed by atoms with van der Waals surface area (Å²) in [4.78, 5) is 10.6. The molecule has 1 rings (SSSR count). The van der Waals surface area contributed by atoms with Crippen molar-refractivity contribution in [2.24, 2.45) is 0 Å². The Morgan fingerprint density at radius 2 is 2.00 bits per heavy atom. The minimum atomic E-state index is -3.32. The highest BCUT2D eigenvalue weighted by Crippen LogP contribution is 2.24. The maximum absolute atomic E-state index is 11.9. The van der Waals surface area contributed by atoms with Gasteiger partial charge in [0.25, 0.3) is 0 Å². The number of rotatable bonds is 5. The van der Waals surface area contributed by atoms with Crippen LogP contribution in [0.15, 0.2) is 23.1 Å². The first-order chi connectivity index (χ1) is 8.25. The van der Waals surface area contributed by atoms with Crippen molar-refractivity contribution < 1.29 is 23.1 Å². The molecule has 0 aromatic heterocycles. The van der Waals surface area contributed by atoms with Crippen LogP contribution in [-0.2, 0) is 14.6 Å². The number of hydrogen-bond donors (Lipinski definition) is 1. The van der Waals surface area contributed by atoms with E-state index < -0.39 is 27.7 Å². The molecule has 0 saturated carbocycles. The molecule has 0 aliphatic carbocycles. The average Bonchev–Trinajstić information content (AvgIpc) is 2.26. The number of carboxylic acids is 1. The van der Waals surface area contributed by atoms with E-state index in [0.717, 1.165) is 0 Å². The summed E-state index contributed by atoms with van der Waals surface area (Å²) in [5.41, 5.74) is 0.595. The van der Waals surface area contributed by atoms with E-state index in [0.29, 0.717) is 11.3 Å². The number of hydrogen-bond acceptors (Lipinski definition) is 4. The van der Waals surface area contributed by atoms with Crippen molar-refractivity contribution in [1.82, 2.24) is 0 Å². The molecule has 1 aromatic carbocycles. The summed E-state index contributed by atoms with van der Waals surface area (Å²) in [6.45, 7) is 4.45. The Morgan fingerprint density at radius 3 is 2.44 bits per heavy atom. The molecule has 0 saturated heterocycles. The quantitative estimate of drug-likeness (QED) is 0.881. The third-order valence-electron chi connectivity index (χ3n) is 2.45. The standard InChI is InChI=1S/C12H16O5S/c1-8(2)18(15,16)10-4-5-11(9(3)6-10)17-7-12(13)14/h4-6,8H,7H2,1-3H3,(H,13,14). The molecular weight excluding hydrogens is 256 g/mol. The van der Waals surface area contributed by atoms with Gasteiger partial charge in [0.1, 0.15) is 5.75 Å². The Labute approximate surface area is 106 Å². The fraction of sp³-hybridized carbons (Fsp3) is 0.417. The number of carbonyl (C=O) groups is 1. The Morgan fingerprint density at radius 1 is 1.39 bits per heavy atom. The van der Waals surface area contributed by atoms with Gasteiger partial charge in [-0.15, -0.1) is 0 Å². The molecule has 5 nitrogen and oxygen atoms in total. The van der Waals surface area contributed by atoms with Crippen molar-refractivity contribution in [1.29, 1.82) is 0 Å². The van der Waals surface area contributed by atoms with E-state index in [4.69, 9.17) is 9.84 Å². The van der Waals surface area contributed by atoms with Crippen molar-refractivity contribution in [3.8, 4) is 5.75 Å². The first kappa shape index (κ1) is 14.5. The van der Waals surface area contributed by atoms with Gasteiger partial charge >= 0.3 is 5.97 Å². The molecule has 6 heteroatoms. The van der Waals surface area contributed by atoms with Crippen molar-refractivity contribution in [2.75, 3.05) is 6.61 Å². The SMILES string of the molecule is Cc1cc(S(=O)(=O)C(C)C)ccc1OCC(=O)O. The predicted molar refractivity (Wildman–Crippen MR) is 66.6 cm³/mol. The lowest BCUT2D eigenvalue weighted by Crippen LogP contribution is -2.14. The third kappa shape index (κ3) is 3.22. The highest BCUT2D eigenvalue weighted by Gasteiger charge is 2.19. The summed E-state index contributed by atoms with van der Waals surface area (Å²) in [6.07, 6.45) is 0. The minimum absolute atomic E-state index is 0.220. The van der Waals surface area contributed by atoms with Gasteiger partial charge in [0.2, 0.25) is 0 Å². The van der Waals surface area contributed by atoms with Crippen LogP contribution < -0.4 is 4.74 Å². The van der Waals surface area contributed by atoms with E-state index >= 15 is 0 Å². The molecule has 100 valence electrons. The van der Waals surface area contributed by atoms with Crippen molar-refractivity contribution >= 4 is 15.8 Å². The van der Waals surface area contributed by atoms with Crippen LogP contribution in [0.4, 0.5) is 0 Å². The predicted octanol–water partition coefficient (Wildman–Crippen LogP) is 1.64. The van der Waals surface area contributed by atoms with Gasteiger partial charge in [-0.1, -0.05) is 0 Å². The van der Waals surface area contributed by atoms with Gasteiger partial charge in [-0.2, -0.15) is 0 Å². The molecular formula is C12H16O5S. The fourth-order valence-corrected chi connectivity index (χ4v) is 2.52. The fourth-order valence-electron chi connectivity index (χ4n) is 1.37. The van der Waals surface area contributed by atoms with Gasteiger partial charge < -0.3 is 9.84 Å². The summed E-state index contributed by atoms with van der Waals surface area (Å²) in [5.74, 6) is -0.701. The minimum Gasteiger partial charge on any atom is -0.482 e. The molecule has 0 bridgehead atoms. The molecule has 0 heterocycles. The summed E-state index contributed by atoms with van der Waals surface area (Å²) in [5, 5.41) is 8.00. The van der Waals surface area contributed by atoms with Crippen LogP contribution in [0.3, 0.4) is 0 Å². The molecule has 0 amide bonds. The van der Waals surface area contributed by atoms with E-state index in [1.165, 1.54) is 18.2 Å². The van der Waals surface area contributed by atoms with Crippen LogP contribution in [0, 0.1) is 6.92 Å². The second-order valence-electron chi connectivity index (χ2n) is 4.20. The van der Waals surface area contributed by atoms with Crippen molar-refractivity contribution in [2.45, 2.75) is 30.9 Å². The van der Waals surface area contributed by atoms with Crippen LogP contribution in [0.25, 0.3) is 0 Å². The van der Waals surface area contributed by atoms with E-state index in [1.54, 1.807) is 20.8 Å². The van der Waals surface area contributed by atoms with Gasteiger partial charge in [-0.3, -0.25) is 0 Å². The van der Waals surface area contributed by atoms with E-state index in [1.807, 2.05) is 0 Å². The van der Waals surface area contributed by atoms with E-state index in [9.17, 15) is 13.2 Å². The maximum atomic E-state index is 11.9. The van der Waals surface area contributed by atoms with Gasteiger partial charge in [0.15, 0.2) is 16.4 Å². The maximum Gasteiger partial charge on any atom is 0.341 e. The molecule has 0 fully saturated rings. The zero-order chi connectivity index (χ0) is 13.9. The van der Waals surface area contributed by atoms with Crippen molar-refractivity contribution in [3.05, 3.63) is 23.8 Å². The van der Waals surface area contributed by atoms with Crippen LogP contribution >= 0.6 is 0 Å². The second-order valence-corrected chi connectivity index (χ2v) is 6.71. The molecule has 0 aliphatic heterocycles. The lowest BCUT2D eigenvalue weighted by Gasteiger charge is -2.11. The van der Waals surface area contributed by atoms with Gasteiger partial charge in [-0.05, 0) is 44.5 Å². The number of carboxylic acid groups (broad SMARTS) is 1. The number of aliphatic carboxylic acids is 1. The molecule has 18 heavy (non-hydrogen) atoms. The van der Waals surface area contributed by atoms with E-state index in [2.05, 4.69) is 0 Å². The first-order valence-electron chi connectivity index (χ1n) is 5.44. The number of sulfone groups is 1. The smallest absolute Gasteiger partial charge is 0.341 e.